The van der Waals surface area contributed by atoms with Gasteiger partial charge in [0, 0.05) is 18.2 Å². The Kier molecular flexibility index (Phi) is 3.39. The SMILES string of the molecule is CNC(C)CNC(=O)c1ccc2nc[nH]c2c1. The van der Waals surface area contributed by atoms with Crippen LogP contribution in [0.25, 0.3) is 11.0 Å². The minimum Gasteiger partial charge on any atom is -0.350 e. The first-order valence-corrected chi connectivity index (χ1v) is 5.59. The van der Waals surface area contributed by atoms with Crippen LogP contribution in [-0.2, 0) is 0 Å². The molecule has 17 heavy (non-hydrogen) atoms. The summed E-state index contributed by atoms with van der Waals surface area (Å²) in [4.78, 5) is 19.0. The van der Waals surface area contributed by atoms with Crippen LogP contribution in [0, 0.1) is 0 Å². The summed E-state index contributed by atoms with van der Waals surface area (Å²) in [6.45, 7) is 2.62. The van der Waals surface area contributed by atoms with E-state index >= 15 is 0 Å². The van der Waals surface area contributed by atoms with E-state index in [2.05, 4.69) is 20.6 Å². The molecule has 1 unspecified atom stereocenters. The van der Waals surface area contributed by atoms with E-state index in [-0.39, 0.29) is 11.9 Å². The van der Waals surface area contributed by atoms with Gasteiger partial charge in [-0.15, -0.1) is 0 Å². The molecule has 0 radical (unpaired) electrons. The second-order valence-corrected chi connectivity index (χ2v) is 4.03. The number of hydrogen-bond donors (Lipinski definition) is 3. The minimum atomic E-state index is -0.0661. The van der Waals surface area contributed by atoms with Gasteiger partial charge in [-0.25, -0.2) is 4.98 Å². The molecule has 90 valence electrons. The maximum Gasteiger partial charge on any atom is 0.251 e. The summed E-state index contributed by atoms with van der Waals surface area (Å²) in [6.07, 6.45) is 1.62. The van der Waals surface area contributed by atoms with Crippen LogP contribution in [0.15, 0.2) is 24.5 Å². The van der Waals surface area contributed by atoms with Crippen molar-refractivity contribution < 1.29 is 4.79 Å². The minimum absolute atomic E-state index is 0.0661. The lowest BCUT2D eigenvalue weighted by molar-refractivity contribution is 0.0950. The van der Waals surface area contributed by atoms with Crippen LogP contribution in [0.1, 0.15) is 17.3 Å². The van der Waals surface area contributed by atoms with Gasteiger partial charge in [-0.1, -0.05) is 0 Å². The number of nitrogens with one attached hydrogen (secondary N) is 3. The number of rotatable bonds is 4. The van der Waals surface area contributed by atoms with Gasteiger partial charge in [0.05, 0.1) is 17.4 Å². The normalized spacial score (nSPS) is 12.6. The molecule has 5 nitrogen and oxygen atoms in total. The highest BCUT2D eigenvalue weighted by molar-refractivity contribution is 5.97. The van der Waals surface area contributed by atoms with Crippen LogP contribution < -0.4 is 10.6 Å². The average molecular weight is 232 g/mol. The monoisotopic (exact) mass is 232 g/mol. The van der Waals surface area contributed by atoms with Gasteiger partial charge in [0.25, 0.3) is 5.91 Å². The first-order valence-electron chi connectivity index (χ1n) is 5.59. The van der Waals surface area contributed by atoms with Gasteiger partial charge in [0.1, 0.15) is 0 Å². The molecule has 0 saturated carbocycles. The second-order valence-electron chi connectivity index (χ2n) is 4.03. The number of H-pyrrole nitrogens is 1. The van der Waals surface area contributed by atoms with E-state index in [9.17, 15) is 4.79 Å². The third-order valence-corrected chi connectivity index (χ3v) is 2.74. The van der Waals surface area contributed by atoms with Gasteiger partial charge < -0.3 is 15.6 Å². The van der Waals surface area contributed by atoms with Gasteiger partial charge in [-0.2, -0.15) is 0 Å². The molecule has 1 atom stereocenters. The van der Waals surface area contributed by atoms with Crippen LogP contribution in [0.2, 0.25) is 0 Å². The Morgan fingerprint density at radius 1 is 1.53 bits per heavy atom. The number of carbonyl (C=O) groups is 1. The first kappa shape index (κ1) is 11.6. The zero-order valence-electron chi connectivity index (χ0n) is 9.95. The third-order valence-electron chi connectivity index (χ3n) is 2.74. The number of carbonyl (C=O) groups excluding carboxylic acids is 1. The van der Waals surface area contributed by atoms with E-state index in [1.807, 2.05) is 26.1 Å². The lowest BCUT2D eigenvalue weighted by atomic mass is 10.2. The molecule has 1 aromatic heterocycles. The predicted molar refractivity (Wildman–Crippen MR) is 66.9 cm³/mol. The highest BCUT2D eigenvalue weighted by Crippen LogP contribution is 2.11. The number of nitrogens with zero attached hydrogens (tertiary/aromatic N) is 1. The van der Waals surface area contributed by atoms with Crippen molar-refractivity contribution >= 4 is 16.9 Å². The number of likely N-dealkylation sites (N-methyl/N-ethyl adjacent to an activating group) is 1. The smallest absolute Gasteiger partial charge is 0.251 e. The maximum absolute atomic E-state index is 11.9. The van der Waals surface area contributed by atoms with Crippen molar-refractivity contribution in [2.24, 2.45) is 0 Å². The van der Waals surface area contributed by atoms with Gasteiger partial charge in [0.15, 0.2) is 0 Å². The van der Waals surface area contributed by atoms with E-state index in [0.29, 0.717) is 12.1 Å². The molecule has 1 aromatic carbocycles. The standard InChI is InChI=1S/C12H16N4O/c1-8(13-2)6-14-12(17)9-3-4-10-11(5-9)16-7-15-10/h3-5,7-8,13H,6H2,1-2H3,(H,14,17)(H,15,16). The Hall–Kier alpha value is -1.88. The third kappa shape index (κ3) is 2.62. The van der Waals surface area contributed by atoms with Crippen molar-refractivity contribution in [3.63, 3.8) is 0 Å². The molecular formula is C12H16N4O. The Balaban J connectivity index is 2.08. The molecule has 5 heteroatoms. The van der Waals surface area contributed by atoms with Crippen LogP contribution >= 0.6 is 0 Å². The zero-order valence-corrected chi connectivity index (χ0v) is 9.95. The molecule has 0 aliphatic heterocycles. The largest absolute Gasteiger partial charge is 0.350 e. The first-order chi connectivity index (χ1) is 8.20. The molecule has 0 aliphatic rings. The van der Waals surface area contributed by atoms with Gasteiger partial charge in [-0.3, -0.25) is 4.79 Å². The quantitative estimate of drug-likeness (QED) is 0.733. The topological polar surface area (TPSA) is 69.8 Å². The Morgan fingerprint density at radius 2 is 2.35 bits per heavy atom. The van der Waals surface area contributed by atoms with Crippen molar-refractivity contribution in [2.75, 3.05) is 13.6 Å². The summed E-state index contributed by atoms with van der Waals surface area (Å²) in [5.41, 5.74) is 2.38. The molecule has 0 aliphatic carbocycles. The molecule has 0 saturated heterocycles. The number of imidazole rings is 1. The second kappa shape index (κ2) is 4.97. The summed E-state index contributed by atoms with van der Waals surface area (Å²) in [7, 11) is 1.87. The lowest BCUT2D eigenvalue weighted by Crippen LogP contribution is -2.37. The van der Waals surface area contributed by atoms with Gasteiger partial charge >= 0.3 is 0 Å². The van der Waals surface area contributed by atoms with Crippen LogP contribution in [0.4, 0.5) is 0 Å². The van der Waals surface area contributed by atoms with E-state index < -0.39 is 0 Å². The molecule has 1 heterocycles. The average Bonchev–Trinajstić information content (AvgIpc) is 2.82. The summed E-state index contributed by atoms with van der Waals surface area (Å²) in [6, 6.07) is 5.68. The highest BCUT2D eigenvalue weighted by Gasteiger charge is 2.08. The summed E-state index contributed by atoms with van der Waals surface area (Å²) in [5.74, 6) is -0.0661. The fourth-order valence-corrected chi connectivity index (χ4v) is 1.53. The van der Waals surface area contributed by atoms with E-state index in [4.69, 9.17) is 0 Å². The summed E-state index contributed by atoms with van der Waals surface area (Å²) in [5, 5.41) is 5.94. The van der Waals surface area contributed by atoms with Gasteiger partial charge in [-0.05, 0) is 32.2 Å². The summed E-state index contributed by atoms with van der Waals surface area (Å²) < 4.78 is 0. The van der Waals surface area contributed by atoms with Crippen molar-refractivity contribution in [1.82, 2.24) is 20.6 Å². The highest BCUT2D eigenvalue weighted by atomic mass is 16.1. The van der Waals surface area contributed by atoms with Crippen molar-refractivity contribution in [3.8, 4) is 0 Å². The number of hydrogen-bond acceptors (Lipinski definition) is 3. The predicted octanol–water partition coefficient (Wildman–Crippen LogP) is 0.901. The fourth-order valence-electron chi connectivity index (χ4n) is 1.53. The van der Waals surface area contributed by atoms with Crippen molar-refractivity contribution in [2.45, 2.75) is 13.0 Å². The zero-order chi connectivity index (χ0) is 12.3. The van der Waals surface area contributed by atoms with E-state index in [0.717, 1.165) is 11.0 Å². The number of aromatic amines is 1. The van der Waals surface area contributed by atoms with Gasteiger partial charge in [0.2, 0.25) is 0 Å². The number of fused-ring (bicyclic) bond motifs is 1. The summed E-state index contributed by atoms with van der Waals surface area (Å²) >= 11 is 0. The van der Waals surface area contributed by atoms with Crippen molar-refractivity contribution in [3.05, 3.63) is 30.1 Å². The molecule has 0 spiro atoms. The number of benzene rings is 1. The van der Waals surface area contributed by atoms with Crippen molar-refractivity contribution in [1.29, 1.82) is 0 Å². The fraction of sp³-hybridized carbons (Fsp3) is 0.333. The molecule has 1 amide bonds. The molecular weight excluding hydrogens is 216 g/mol. The number of aromatic nitrogens is 2. The number of amides is 1. The van der Waals surface area contributed by atoms with Crippen LogP contribution in [0.5, 0.6) is 0 Å². The van der Waals surface area contributed by atoms with E-state index in [1.54, 1.807) is 12.4 Å². The van der Waals surface area contributed by atoms with E-state index in [1.165, 1.54) is 0 Å². The Bertz CT molecular complexity index is 520. The Labute approximate surface area is 99.6 Å². The van der Waals surface area contributed by atoms with Crippen LogP contribution in [0.3, 0.4) is 0 Å². The Morgan fingerprint density at radius 3 is 3.12 bits per heavy atom. The molecule has 3 N–H and O–H groups in total. The molecule has 0 fully saturated rings. The molecule has 2 aromatic rings. The molecule has 0 bridgehead atoms. The van der Waals surface area contributed by atoms with Crippen LogP contribution in [-0.4, -0.2) is 35.5 Å². The lowest BCUT2D eigenvalue weighted by Gasteiger charge is -2.11. The maximum atomic E-state index is 11.9. The molecule has 2 rings (SSSR count).